The molecule has 0 aliphatic carbocycles. The van der Waals surface area contributed by atoms with Gasteiger partial charge in [-0.3, -0.25) is 0 Å². The minimum absolute atomic E-state index is 0.151. The Balaban J connectivity index is 2.22. The Hall–Kier alpha value is -0.230. The molecule has 1 unspecified atom stereocenters. The van der Waals surface area contributed by atoms with E-state index in [-0.39, 0.29) is 5.37 Å². The fourth-order valence-corrected chi connectivity index (χ4v) is 1.78. The maximum absolute atomic E-state index is 4.47. The molecular weight excluding hydrogens is 220 g/mol. The van der Waals surface area contributed by atoms with Crippen molar-refractivity contribution in [1.29, 1.82) is 0 Å². The average molecular weight is 244 g/mol. The first-order chi connectivity index (χ1) is 7.65. The van der Waals surface area contributed by atoms with Gasteiger partial charge in [0, 0.05) is 19.8 Å². The van der Waals surface area contributed by atoms with E-state index >= 15 is 0 Å². The second-order valence-electron chi connectivity index (χ2n) is 4.30. The third-order valence-electron chi connectivity index (χ3n) is 2.68. The summed E-state index contributed by atoms with van der Waals surface area (Å²) in [6.45, 7) is 5.32. The van der Waals surface area contributed by atoms with Crippen LogP contribution < -0.4 is 11.0 Å². The summed E-state index contributed by atoms with van der Waals surface area (Å²) in [7, 11) is 1.99. The van der Waals surface area contributed by atoms with Gasteiger partial charge in [0.05, 0.1) is 5.37 Å². The van der Waals surface area contributed by atoms with Gasteiger partial charge >= 0.3 is 0 Å². The molecule has 4 nitrogen and oxygen atoms in total. The maximum atomic E-state index is 4.47. The number of hydrazine groups is 3. The van der Waals surface area contributed by atoms with Crippen molar-refractivity contribution in [3.05, 3.63) is 11.8 Å². The Morgan fingerprint density at radius 2 is 2.19 bits per heavy atom. The van der Waals surface area contributed by atoms with Crippen LogP contribution in [-0.4, -0.2) is 29.1 Å². The summed E-state index contributed by atoms with van der Waals surface area (Å²) in [4.78, 5) is 0. The Morgan fingerprint density at radius 3 is 2.81 bits per heavy atom. The van der Waals surface area contributed by atoms with E-state index in [2.05, 4.69) is 43.6 Å². The lowest BCUT2D eigenvalue weighted by Gasteiger charge is -2.37. The van der Waals surface area contributed by atoms with Crippen molar-refractivity contribution in [3.8, 4) is 0 Å². The number of thiol groups is 1. The third-order valence-corrected chi connectivity index (χ3v) is 3.44. The molecule has 0 aromatic heterocycles. The van der Waals surface area contributed by atoms with Crippen LogP contribution in [0, 0.1) is 0 Å². The molecule has 16 heavy (non-hydrogen) atoms. The van der Waals surface area contributed by atoms with E-state index < -0.39 is 0 Å². The molecule has 0 aromatic rings. The van der Waals surface area contributed by atoms with E-state index in [4.69, 9.17) is 0 Å². The Morgan fingerprint density at radius 1 is 1.44 bits per heavy atom. The zero-order valence-corrected chi connectivity index (χ0v) is 11.4. The van der Waals surface area contributed by atoms with Gasteiger partial charge in [-0.2, -0.15) is 18.2 Å². The number of rotatable bonds is 6. The molecular formula is C11H24N4S. The normalized spacial score (nSPS) is 22.4. The topological polar surface area (TPSA) is 30.5 Å². The van der Waals surface area contributed by atoms with Gasteiger partial charge < -0.3 is 0 Å². The van der Waals surface area contributed by atoms with Crippen LogP contribution >= 0.6 is 12.6 Å². The first-order valence-electron chi connectivity index (χ1n) is 6.03. The van der Waals surface area contributed by atoms with Gasteiger partial charge in [-0.1, -0.05) is 26.2 Å². The molecule has 0 bridgehead atoms. The van der Waals surface area contributed by atoms with Crippen LogP contribution in [0.5, 0.6) is 0 Å². The quantitative estimate of drug-likeness (QED) is 0.492. The van der Waals surface area contributed by atoms with Crippen molar-refractivity contribution >= 4 is 12.6 Å². The molecule has 5 heteroatoms. The molecule has 0 radical (unpaired) electrons. The van der Waals surface area contributed by atoms with Crippen LogP contribution in [0.4, 0.5) is 0 Å². The van der Waals surface area contributed by atoms with Crippen molar-refractivity contribution in [2.24, 2.45) is 0 Å². The average Bonchev–Trinajstić information content (AvgIpc) is 2.25. The number of hydrogen-bond donors (Lipinski definition) is 3. The number of unbranched alkanes of at least 4 members (excludes halogenated alkanes) is 3. The summed E-state index contributed by atoms with van der Waals surface area (Å²) in [6.07, 6.45) is 7.17. The van der Waals surface area contributed by atoms with Gasteiger partial charge in [-0.05, 0) is 18.9 Å². The van der Waals surface area contributed by atoms with E-state index in [0.717, 1.165) is 6.54 Å². The van der Waals surface area contributed by atoms with Crippen molar-refractivity contribution in [2.75, 3.05) is 13.6 Å². The van der Waals surface area contributed by atoms with Gasteiger partial charge in [0.2, 0.25) is 0 Å². The summed E-state index contributed by atoms with van der Waals surface area (Å²) >= 11 is 4.47. The molecule has 0 amide bonds. The zero-order valence-electron chi connectivity index (χ0n) is 10.5. The van der Waals surface area contributed by atoms with Gasteiger partial charge in [0.15, 0.2) is 0 Å². The SMILES string of the molecule is CCCCCCNN1C=C(C)C(S)N(C)N1. The highest BCUT2D eigenvalue weighted by atomic mass is 32.1. The highest BCUT2D eigenvalue weighted by molar-refractivity contribution is 7.81. The van der Waals surface area contributed by atoms with Crippen LogP contribution in [-0.2, 0) is 0 Å². The second-order valence-corrected chi connectivity index (χ2v) is 4.79. The summed E-state index contributed by atoms with van der Waals surface area (Å²) in [5, 5.41) is 4.03. The first-order valence-corrected chi connectivity index (χ1v) is 6.55. The highest BCUT2D eigenvalue weighted by Crippen LogP contribution is 2.14. The molecule has 94 valence electrons. The van der Waals surface area contributed by atoms with Crippen LogP contribution in [0.15, 0.2) is 11.8 Å². The smallest absolute Gasteiger partial charge is 0.0908 e. The lowest BCUT2D eigenvalue weighted by atomic mass is 10.2. The van der Waals surface area contributed by atoms with Crippen LogP contribution in [0.25, 0.3) is 0 Å². The molecule has 0 spiro atoms. The van der Waals surface area contributed by atoms with E-state index in [0.29, 0.717) is 0 Å². The fourth-order valence-electron chi connectivity index (χ4n) is 1.66. The number of likely N-dealkylation sites (N-methyl/N-ethyl adjacent to an activating group) is 1. The van der Waals surface area contributed by atoms with E-state index in [9.17, 15) is 0 Å². The molecule has 1 aliphatic heterocycles. The third kappa shape index (κ3) is 4.33. The molecule has 1 aliphatic rings. The van der Waals surface area contributed by atoms with E-state index in [1.165, 1.54) is 31.3 Å². The van der Waals surface area contributed by atoms with Gasteiger partial charge in [0.1, 0.15) is 0 Å². The molecule has 1 heterocycles. The molecule has 0 aromatic carbocycles. The molecule has 1 atom stereocenters. The second kappa shape index (κ2) is 7.17. The van der Waals surface area contributed by atoms with Gasteiger partial charge in [-0.25, -0.2) is 15.6 Å². The monoisotopic (exact) mass is 244 g/mol. The standard InChI is InChI=1S/C11H24N4S/c1-4-5-6-7-8-12-15-9-10(2)11(16)14(3)13-15/h9,11-13,16H,4-8H2,1-3H3. The minimum Gasteiger partial charge on any atom is -0.235 e. The fraction of sp³-hybridized carbons (Fsp3) is 0.818. The van der Waals surface area contributed by atoms with E-state index in [1.54, 1.807) is 0 Å². The summed E-state index contributed by atoms with van der Waals surface area (Å²) in [5.41, 5.74) is 7.75. The molecule has 0 saturated carbocycles. The minimum atomic E-state index is 0.151. The van der Waals surface area contributed by atoms with Gasteiger partial charge in [0.25, 0.3) is 0 Å². The Kier molecular flexibility index (Phi) is 6.20. The predicted octanol–water partition coefficient (Wildman–Crippen LogP) is 1.90. The predicted molar refractivity (Wildman–Crippen MR) is 71.4 cm³/mol. The number of nitrogens with one attached hydrogen (secondary N) is 2. The van der Waals surface area contributed by atoms with Crippen LogP contribution in [0.2, 0.25) is 0 Å². The summed E-state index contributed by atoms with van der Waals surface area (Å²) < 4.78 is 0. The lowest BCUT2D eigenvalue weighted by molar-refractivity contribution is 0.0249. The maximum Gasteiger partial charge on any atom is 0.0908 e. The largest absolute Gasteiger partial charge is 0.235 e. The highest BCUT2D eigenvalue weighted by Gasteiger charge is 2.19. The van der Waals surface area contributed by atoms with Crippen molar-refractivity contribution in [2.45, 2.75) is 44.9 Å². The first kappa shape index (κ1) is 13.8. The van der Waals surface area contributed by atoms with Crippen LogP contribution in [0.1, 0.15) is 39.5 Å². The molecule has 2 N–H and O–H groups in total. The Bertz CT molecular complexity index is 232. The lowest BCUT2D eigenvalue weighted by Crippen LogP contribution is -2.57. The Labute approximate surface area is 104 Å². The van der Waals surface area contributed by atoms with Gasteiger partial charge in [-0.15, -0.1) is 0 Å². The molecule has 0 fully saturated rings. The van der Waals surface area contributed by atoms with Crippen molar-refractivity contribution in [1.82, 2.24) is 21.1 Å². The van der Waals surface area contributed by atoms with E-state index in [1.807, 2.05) is 17.2 Å². The van der Waals surface area contributed by atoms with Crippen molar-refractivity contribution in [3.63, 3.8) is 0 Å². The zero-order chi connectivity index (χ0) is 12.0. The number of nitrogens with zero attached hydrogens (tertiary/aromatic N) is 2. The number of hydrogen-bond acceptors (Lipinski definition) is 5. The van der Waals surface area contributed by atoms with Crippen LogP contribution in [0.3, 0.4) is 0 Å². The summed E-state index contributed by atoms with van der Waals surface area (Å²) in [5.74, 6) is 0. The van der Waals surface area contributed by atoms with Crippen molar-refractivity contribution < 1.29 is 0 Å². The summed E-state index contributed by atoms with van der Waals surface area (Å²) in [6, 6.07) is 0. The molecule has 0 saturated heterocycles. The molecule has 1 rings (SSSR count).